The Bertz CT molecular complexity index is 803. The van der Waals surface area contributed by atoms with Crippen LogP contribution in [0.1, 0.15) is 28.1 Å². The highest BCUT2D eigenvalue weighted by Gasteiger charge is 2.30. The largest absolute Gasteiger partial charge is 0.459 e. The Hall–Kier alpha value is -2.77. The third-order valence-electron chi connectivity index (χ3n) is 4.48. The van der Waals surface area contributed by atoms with Crippen LogP contribution in [-0.2, 0) is 17.4 Å². The Labute approximate surface area is 154 Å². The molecule has 27 heavy (non-hydrogen) atoms. The lowest BCUT2D eigenvalue weighted by atomic mass is 10.1. The molecule has 0 spiro atoms. The van der Waals surface area contributed by atoms with E-state index in [1.165, 1.54) is 18.4 Å². The Kier molecular flexibility index (Phi) is 5.53. The zero-order valence-corrected chi connectivity index (χ0v) is 14.5. The first kappa shape index (κ1) is 19.0. The SMILES string of the molecule is O=C(Cc1cccc(C(F)(F)F)c1)N1CCCN(C(=O)c2ccco2)CC1. The summed E-state index contributed by atoms with van der Waals surface area (Å²) in [5, 5.41) is 0. The van der Waals surface area contributed by atoms with E-state index in [4.69, 9.17) is 4.42 Å². The molecule has 0 radical (unpaired) electrons. The maximum absolute atomic E-state index is 12.8. The third kappa shape index (κ3) is 4.69. The number of hydrogen-bond donors (Lipinski definition) is 0. The first-order valence-electron chi connectivity index (χ1n) is 8.61. The number of carbonyl (C=O) groups excluding carboxylic acids is 2. The number of hydrogen-bond acceptors (Lipinski definition) is 3. The Balaban J connectivity index is 1.61. The van der Waals surface area contributed by atoms with Gasteiger partial charge in [-0.1, -0.05) is 18.2 Å². The Morgan fingerprint density at radius 1 is 1.00 bits per heavy atom. The molecule has 3 rings (SSSR count). The van der Waals surface area contributed by atoms with E-state index in [1.54, 1.807) is 21.9 Å². The van der Waals surface area contributed by atoms with Crippen LogP contribution in [0.4, 0.5) is 13.2 Å². The second-order valence-corrected chi connectivity index (χ2v) is 6.38. The first-order chi connectivity index (χ1) is 12.8. The zero-order valence-electron chi connectivity index (χ0n) is 14.5. The molecule has 8 heteroatoms. The van der Waals surface area contributed by atoms with Gasteiger partial charge in [-0.05, 0) is 30.2 Å². The number of alkyl halides is 3. The lowest BCUT2D eigenvalue weighted by Gasteiger charge is -2.22. The van der Waals surface area contributed by atoms with Gasteiger partial charge in [-0.25, -0.2) is 0 Å². The van der Waals surface area contributed by atoms with E-state index in [1.807, 2.05) is 0 Å². The molecule has 0 saturated carbocycles. The van der Waals surface area contributed by atoms with Crippen LogP contribution in [0.25, 0.3) is 0 Å². The van der Waals surface area contributed by atoms with Crippen molar-refractivity contribution >= 4 is 11.8 Å². The molecule has 1 aliphatic heterocycles. The van der Waals surface area contributed by atoms with Crippen molar-refractivity contribution in [3.8, 4) is 0 Å². The van der Waals surface area contributed by atoms with E-state index in [-0.39, 0.29) is 24.0 Å². The molecule has 0 aliphatic carbocycles. The highest BCUT2D eigenvalue weighted by molar-refractivity contribution is 5.91. The molecular formula is C19H19F3N2O3. The second-order valence-electron chi connectivity index (χ2n) is 6.38. The molecule has 5 nitrogen and oxygen atoms in total. The maximum Gasteiger partial charge on any atom is 0.416 e. The van der Waals surface area contributed by atoms with Crippen molar-refractivity contribution < 1.29 is 27.2 Å². The summed E-state index contributed by atoms with van der Waals surface area (Å²) in [6.07, 6.45) is -2.51. The van der Waals surface area contributed by atoms with Crippen LogP contribution in [0.3, 0.4) is 0 Å². The van der Waals surface area contributed by atoms with E-state index in [0.717, 1.165) is 12.1 Å². The highest BCUT2D eigenvalue weighted by Crippen LogP contribution is 2.29. The Morgan fingerprint density at radius 2 is 1.74 bits per heavy atom. The van der Waals surface area contributed by atoms with Gasteiger partial charge in [0.2, 0.25) is 5.91 Å². The van der Waals surface area contributed by atoms with Crippen molar-refractivity contribution in [2.45, 2.75) is 19.0 Å². The van der Waals surface area contributed by atoms with Crippen molar-refractivity contribution in [3.05, 3.63) is 59.5 Å². The fourth-order valence-electron chi connectivity index (χ4n) is 3.07. The van der Waals surface area contributed by atoms with Gasteiger partial charge < -0.3 is 14.2 Å². The molecule has 1 aliphatic rings. The van der Waals surface area contributed by atoms with Crippen molar-refractivity contribution in [2.24, 2.45) is 0 Å². The number of furan rings is 1. The van der Waals surface area contributed by atoms with Crippen LogP contribution >= 0.6 is 0 Å². The van der Waals surface area contributed by atoms with E-state index in [0.29, 0.717) is 38.2 Å². The van der Waals surface area contributed by atoms with E-state index >= 15 is 0 Å². The van der Waals surface area contributed by atoms with Gasteiger partial charge in [-0.15, -0.1) is 0 Å². The van der Waals surface area contributed by atoms with Gasteiger partial charge in [0.25, 0.3) is 5.91 Å². The monoisotopic (exact) mass is 380 g/mol. The van der Waals surface area contributed by atoms with Crippen LogP contribution in [0.15, 0.2) is 47.1 Å². The number of benzene rings is 1. The number of halogens is 3. The number of nitrogens with zero attached hydrogens (tertiary/aromatic N) is 2. The summed E-state index contributed by atoms with van der Waals surface area (Å²) >= 11 is 0. The van der Waals surface area contributed by atoms with Crippen LogP contribution in [0, 0.1) is 0 Å². The van der Waals surface area contributed by atoms with E-state index in [2.05, 4.69) is 0 Å². The smallest absolute Gasteiger partial charge is 0.416 e. The predicted molar refractivity (Wildman–Crippen MR) is 91.0 cm³/mol. The fourth-order valence-corrected chi connectivity index (χ4v) is 3.07. The second kappa shape index (κ2) is 7.85. The summed E-state index contributed by atoms with van der Waals surface area (Å²) in [5.41, 5.74) is -0.443. The quantitative estimate of drug-likeness (QED) is 0.822. The third-order valence-corrected chi connectivity index (χ3v) is 4.48. The topological polar surface area (TPSA) is 53.8 Å². The fraction of sp³-hybridized carbons (Fsp3) is 0.368. The minimum Gasteiger partial charge on any atom is -0.459 e. The maximum atomic E-state index is 12.8. The molecule has 0 bridgehead atoms. The summed E-state index contributed by atoms with van der Waals surface area (Å²) in [4.78, 5) is 28.1. The molecule has 1 aromatic heterocycles. The van der Waals surface area contributed by atoms with Gasteiger partial charge in [0, 0.05) is 26.2 Å². The van der Waals surface area contributed by atoms with E-state index < -0.39 is 11.7 Å². The Morgan fingerprint density at radius 3 is 2.44 bits per heavy atom. The van der Waals surface area contributed by atoms with Crippen molar-refractivity contribution in [3.63, 3.8) is 0 Å². The normalized spacial score (nSPS) is 15.5. The van der Waals surface area contributed by atoms with E-state index in [9.17, 15) is 22.8 Å². The molecule has 1 saturated heterocycles. The summed E-state index contributed by atoms with van der Waals surface area (Å²) < 4.78 is 43.5. The summed E-state index contributed by atoms with van der Waals surface area (Å²) in [6, 6.07) is 8.02. The minimum atomic E-state index is -4.44. The molecule has 0 atom stereocenters. The summed E-state index contributed by atoms with van der Waals surface area (Å²) in [6.45, 7) is 1.64. The average Bonchev–Trinajstić information content (AvgIpc) is 3.05. The molecular weight excluding hydrogens is 361 g/mol. The molecule has 2 aromatic rings. The lowest BCUT2D eigenvalue weighted by Crippen LogP contribution is -2.37. The van der Waals surface area contributed by atoms with Gasteiger partial charge in [-0.2, -0.15) is 13.2 Å². The molecule has 1 fully saturated rings. The minimum absolute atomic E-state index is 0.101. The molecule has 2 amide bonds. The standard InChI is InChI=1S/C19H19F3N2O3/c20-19(21,22)15-5-1-4-14(12-15)13-17(25)23-7-3-8-24(10-9-23)18(26)16-6-2-11-27-16/h1-2,4-6,11-12H,3,7-10,13H2. The summed E-state index contributed by atoms with van der Waals surface area (Å²) in [7, 11) is 0. The highest BCUT2D eigenvalue weighted by atomic mass is 19.4. The molecule has 1 aromatic carbocycles. The van der Waals surface area contributed by atoms with Gasteiger partial charge in [0.15, 0.2) is 5.76 Å². The lowest BCUT2D eigenvalue weighted by molar-refractivity contribution is -0.138. The first-order valence-corrected chi connectivity index (χ1v) is 8.61. The summed E-state index contributed by atoms with van der Waals surface area (Å²) in [5.74, 6) is -0.229. The number of amides is 2. The molecule has 144 valence electrons. The van der Waals surface area contributed by atoms with Crippen molar-refractivity contribution in [2.75, 3.05) is 26.2 Å². The van der Waals surface area contributed by atoms with Gasteiger partial charge in [0.1, 0.15) is 0 Å². The van der Waals surface area contributed by atoms with Crippen molar-refractivity contribution in [1.29, 1.82) is 0 Å². The molecule has 2 heterocycles. The number of carbonyl (C=O) groups is 2. The van der Waals surface area contributed by atoms with Gasteiger partial charge >= 0.3 is 6.18 Å². The van der Waals surface area contributed by atoms with Crippen LogP contribution < -0.4 is 0 Å². The zero-order chi connectivity index (χ0) is 19.4. The van der Waals surface area contributed by atoms with Crippen LogP contribution in [-0.4, -0.2) is 47.8 Å². The van der Waals surface area contributed by atoms with Gasteiger partial charge in [-0.3, -0.25) is 9.59 Å². The molecule has 0 N–H and O–H groups in total. The number of rotatable bonds is 3. The van der Waals surface area contributed by atoms with Crippen LogP contribution in [0.2, 0.25) is 0 Å². The van der Waals surface area contributed by atoms with Gasteiger partial charge in [0.05, 0.1) is 18.2 Å². The predicted octanol–water partition coefficient (Wildman–Crippen LogP) is 3.22. The van der Waals surface area contributed by atoms with Crippen molar-refractivity contribution in [1.82, 2.24) is 9.80 Å². The molecule has 0 unspecified atom stereocenters. The average molecular weight is 380 g/mol. The van der Waals surface area contributed by atoms with Crippen LogP contribution in [0.5, 0.6) is 0 Å².